The summed E-state index contributed by atoms with van der Waals surface area (Å²) in [5.74, 6) is 1.38. The molecule has 0 atom stereocenters. The fourth-order valence-corrected chi connectivity index (χ4v) is 1.56. The van der Waals surface area contributed by atoms with Crippen molar-refractivity contribution in [1.29, 1.82) is 0 Å². The first-order valence-electron chi connectivity index (χ1n) is 5.61. The standard InChI is InChI=1S/C13H16O3/c1-15-13(14)11-4-6-12(7-5-11)16-9-8-10-2-3-10/h4-7,10H,2-3,8-9H2,1H3. The molecule has 0 spiro atoms. The number of benzene rings is 1. The normalized spacial score (nSPS) is 14.6. The minimum atomic E-state index is -0.315. The first-order chi connectivity index (χ1) is 7.79. The van der Waals surface area contributed by atoms with Gasteiger partial charge in [-0.05, 0) is 36.6 Å². The van der Waals surface area contributed by atoms with Gasteiger partial charge in [-0.25, -0.2) is 4.79 Å². The number of carbonyl (C=O) groups is 1. The Morgan fingerprint density at radius 2 is 2.00 bits per heavy atom. The predicted octanol–water partition coefficient (Wildman–Crippen LogP) is 2.65. The Bertz CT molecular complexity index is 352. The molecule has 0 aromatic heterocycles. The van der Waals surface area contributed by atoms with Crippen molar-refractivity contribution in [2.45, 2.75) is 19.3 Å². The average Bonchev–Trinajstić information content (AvgIpc) is 3.13. The fraction of sp³-hybridized carbons (Fsp3) is 0.462. The van der Waals surface area contributed by atoms with E-state index in [-0.39, 0.29) is 5.97 Å². The van der Waals surface area contributed by atoms with Crippen molar-refractivity contribution in [3.63, 3.8) is 0 Å². The highest BCUT2D eigenvalue weighted by molar-refractivity contribution is 5.89. The lowest BCUT2D eigenvalue weighted by molar-refractivity contribution is 0.0600. The van der Waals surface area contributed by atoms with E-state index in [9.17, 15) is 4.79 Å². The van der Waals surface area contributed by atoms with Crippen LogP contribution in [0.5, 0.6) is 5.75 Å². The van der Waals surface area contributed by atoms with Gasteiger partial charge < -0.3 is 9.47 Å². The lowest BCUT2D eigenvalue weighted by atomic mass is 10.2. The molecule has 3 heteroatoms. The van der Waals surface area contributed by atoms with Crippen LogP contribution < -0.4 is 4.74 Å². The molecule has 1 aliphatic carbocycles. The summed E-state index contributed by atoms with van der Waals surface area (Å²) in [6, 6.07) is 7.05. The molecule has 0 N–H and O–H groups in total. The Hall–Kier alpha value is -1.51. The third kappa shape index (κ3) is 2.99. The van der Waals surface area contributed by atoms with Crippen LogP contribution in [0.1, 0.15) is 29.6 Å². The van der Waals surface area contributed by atoms with E-state index >= 15 is 0 Å². The van der Waals surface area contributed by atoms with Crippen LogP contribution >= 0.6 is 0 Å². The zero-order chi connectivity index (χ0) is 11.4. The van der Waals surface area contributed by atoms with Crippen LogP contribution in [-0.2, 0) is 4.74 Å². The number of rotatable bonds is 5. The second-order valence-electron chi connectivity index (χ2n) is 4.10. The molecule has 1 aromatic rings. The predicted molar refractivity (Wildman–Crippen MR) is 60.6 cm³/mol. The minimum Gasteiger partial charge on any atom is -0.494 e. The summed E-state index contributed by atoms with van der Waals surface area (Å²) in [5.41, 5.74) is 0.553. The number of methoxy groups -OCH3 is 1. The maximum atomic E-state index is 11.2. The average molecular weight is 220 g/mol. The lowest BCUT2D eigenvalue weighted by Gasteiger charge is -2.06. The van der Waals surface area contributed by atoms with Gasteiger partial charge in [0.25, 0.3) is 0 Å². The van der Waals surface area contributed by atoms with Crippen molar-refractivity contribution in [3.8, 4) is 5.75 Å². The molecule has 0 amide bonds. The molecule has 0 heterocycles. The molecule has 0 unspecified atom stereocenters. The van der Waals surface area contributed by atoms with E-state index in [4.69, 9.17) is 4.74 Å². The molecule has 2 rings (SSSR count). The largest absolute Gasteiger partial charge is 0.494 e. The highest BCUT2D eigenvalue weighted by Gasteiger charge is 2.20. The molecule has 0 aliphatic heterocycles. The molecule has 0 saturated heterocycles. The van der Waals surface area contributed by atoms with Crippen LogP contribution in [-0.4, -0.2) is 19.7 Å². The second-order valence-corrected chi connectivity index (χ2v) is 4.10. The van der Waals surface area contributed by atoms with Crippen molar-refractivity contribution >= 4 is 5.97 Å². The molecule has 1 fully saturated rings. The molecule has 1 aromatic carbocycles. The maximum Gasteiger partial charge on any atom is 0.337 e. The molecule has 86 valence electrons. The van der Waals surface area contributed by atoms with Gasteiger partial charge in [-0.1, -0.05) is 12.8 Å². The van der Waals surface area contributed by atoms with Crippen LogP contribution in [0.4, 0.5) is 0 Å². The molecule has 1 aliphatic rings. The van der Waals surface area contributed by atoms with E-state index in [1.54, 1.807) is 24.3 Å². The quantitative estimate of drug-likeness (QED) is 0.715. The maximum absolute atomic E-state index is 11.2. The second kappa shape index (κ2) is 5.01. The number of hydrogen-bond donors (Lipinski definition) is 0. The third-order valence-corrected chi connectivity index (χ3v) is 2.77. The number of hydrogen-bond acceptors (Lipinski definition) is 3. The van der Waals surface area contributed by atoms with Gasteiger partial charge in [0.2, 0.25) is 0 Å². The first-order valence-corrected chi connectivity index (χ1v) is 5.61. The van der Waals surface area contributed by atoms with Crippen LogP contribution in [0, 0.1) is 5.92 Å². The van der Waals surface area contributed by atoms with E-state index < -0.39 is 0 Å². The summed E-state index contributed by atoms with van der Waals surface area (Å²) < 4.78 is 10.2. The van der Waals surface area contributed by atoms with Crippen LogP contribution in [0.15, 0.2) is 24.3 Å². The topological polar surface area (TPSA) is 35.5 Å². The van der Waals surface area contributed by atoms with Crippen LogP contribution in [0.25, 0.3) is 0 Å². The monoisotopic (exact) mass is 220 g/mol. The molecule has 16 heavy (non-hydrogen) atoms. The zero-order valence-electron chi connectivity index (χ0n) is 9.44. The Morgan fingerprint density at radius 3 is 2.56 bits per heavy atom. The van der Waals surface area contributed by atoms with E-state index in [1.165, 1.54) is 20.0 Å². The summed E-state index contributed by atoms with van der Waals surface area (Å²) in [6.07, 6.45) is 3.84. The zero-order valence-corrected chi connectivity index (χ0v) is 9.44. The van der Waals surface area contributed by atoms with Crippen molar-refractivity contribution in [2.75, 3.05) is 13.7 Å². The first kappa shape index (κ1) is 11.0. The van der Waals surface area contributed by atoms with E-state index in [0.717, 1.165) is 24.7 Å². The molecule has 1 saturated carbocycles. The minimum absolute atomic E-state index is 0.315. The molecule has 0 bridgehead atoms. The van der Waals surface area contributed by atoms with Gasteiger partial charge in [0.1, 0.15) is 5.75 Å². The van der Waals surface area contributed by atoms with E-state index in [0.29, 0.717) is 5.56 Å². The van der Waals surface area contributed by atoms with E-state index in [2.05, 4.69) is 4.74 Å². The van der Waals surface area contributed by atoms with Gasteiger partial charge in [0.05, 0.1) is 19.3 Å². The highest BCUT2D eigenvalue weighted by Crippen LogP contribution is 2.32. The number of esters is 1. The summed E-state index contributed by atoms with van der Waals surface area (Å²) in [5, 5.41) is 0. The van der Waals surface area contributed by atoms with Gasteiger partial charge in [-0.3, -0.25) is 0 Å². The molecule has 0 radical (unpaired) electrons. The van der Waals surface area contributed by atoms with Crippen molar-refractivity contribution in [3.05, 3.63) is 29.8 Å². The van der Waals surface area contributed by atoms with Gasteiger partial charge in [-0.2, -0.15) is 0 Å². The number of carbonyl (C=O) groups excluding carboxylic acids is 1. The Morgan fingerprint density at radius 1 is 1.31 bits per heavy atom. The SMILES string of the molecule is COC(=O)c1ccc(OCCC2CC2)cc1. The number of ether oxygens (including phenoxy) is 2. The Kier molecular flexibility index (Phi) is 3.44. The summed E-state index contributed by atoms with van der Waals surface area (Å²) in [6.45, 7) is 0.766. The van der Waals surface area contributed by atoms with Gasteiger partial charge in [0, 0.05) is 0 Å². The molecule has 3 nitrogen and oxygen atoms in total. The van der Waals surface area contributed by atoms with E-state index in [1.807, 2.05) is 0 Å². The molecular formula is C13H16O3. The van der Waals surface area contributed by atoms with Crippen molar-refractivity contribution in [1.82, 2.24) is 0 Å². The summed E-state index contributed by atoms with van der Waals surface area (Å²) in [7, 11) is 1.38. The van der Waals surface area contributed by atoms with Gasteiger partial charge in [-0.15, -0.1) is 0 Å². The Balaban J connectivity index is 1.83. The smallest absolute Gasteiger partial charge is 0.337 e. The highest BCUT2D eigenvalue weighted by atomic mass is 16.5. The fourth-order valence-electron chi connectivity index (χ4n) is 1.56. The van der Waals surface area contributed by atoms with Crippen LogP contribution in [0.3, 0.4) is 0 Å². The van der Waals surface area contributed by atoms with Crippen molar-refractivity contribution < 1.29 is 14.3 Å². The Labute approximate surface area is 95.4 Å². The van der Waals surface area contributed by atoms with Crippen molar-refractivity contribution in [2.24, 2.45) is 5.92 Å². The van der Waals surface area contributed by atoms with Gasteiger partial charge >= 0.3 is 5.97 Å². The summed E-state index contributed by atoms with van der Waals surface area (Å²) >= 11 is 0. The molecular weight excluding hydrogens is 204 g/mol. The third-order valence-electron chi connectivity index (χ3n) is 2.77. The van der Waals surface area contributed by atoms with Crippen LogP contribution in [0.2, 0.25) is 0 Å². The summed E-state index contributed by atoms with van der Waals surface area (Å²) in [4.78, 5) is 11.2. The lowest BCUT2D eigenvalue weighted by Crippen LogP contribution is -2.02. The van der Waals surface area contributed by atoms with Gasteiger partial charge in [0.15, 0.2) is 0 Å².